The first-order valence-electron chi connectivity index (χ1n) is 6.13. The molecule has 0 spiro atoms. The number of carbonyl (C=O) groups excluding carboxylic acids is 1. The van der Waals surface area contributed by atoms with Gasteiger partial charge in [0.05, 0.1) is 5.39 Å². The molecular weight excluding hydrogens is 459 g/mol. The van der Waals surface area contributed by atoms with E-state index in [1.54, 1.807) is 12.1 Å². The summed E-state index contributed by atoms with van der Waals surface area (Å²) in [5.74, 6) is -1.65. The molecule has 1 radical (unpaired) electrons. The van der Waals surface area contributed by atoms with Crippen LogP contribution in [0.4, 0.5) is 4.39 Å². The van der Waals surface area contributed by atoms with E-state index in [-0.39, 0.29) is 76.9 Å². The van der Waals surface area contributed by atoms with Crippen LogP contribution in [-0.4, -0.2) is 21.8 Å². The molecule has 0 unspecified atom stereocenters. The second-order valence-electron chi connectivity index (χ2n) is 4.45. The first-order chi connectivity index (χ1) is 10.1. The Balaban J connectivity index is 0.00000176. The minimum Gasteiger partial charge on any atom is -0.506 e. The molecule has 24 heavy (non-hydrogen) atoms. The number of fused-ring (bicyclic) bond motifs is 1. The van der Waals surface area contributed by atoms with E-state index in [0.717, 1.165) is 12.1 Å². The van der Waals surface area contributed by atoms with Crippen molar-refractivity contribution in [3.63, 3.8) is 0 Å². The predicted molar refractivity (Wildman–Crippen MR) is 81.2 cm³/mol. The molecule has 6 nitrogen and oxygen atoms in total. The molecule has 127 valence electrons. The number of aromatic hydroxyl groups is 1. The molecule has 0 fully saturated rings. The van der Waals surface area contributed by atoms with Crippen LogP contribution in [0.25, 0.3) is 11.0 Å². The van der Waals surface area contributed by atoms with Crippen molar-refractivity contribution in [2.24, 2.45) is 0 Å². The molecule has 0 aliphatic heterocycles. The molecular formula is C16H13EuFO6. The summed E-state index contributed by atoms with van der Waals surface area (Å²) in [5, 5.41) is 10.4. The van der Waals surface area contributed by atoms with Crippen LogP contribution in [0.2, 0.25) is 0 Å². The van der Waals surface area contributed by atoms with Gasteiger partial charge in [-0.2, -0.15) is 0 Å². The Labute approximate surface area is 176 Å². The summed E-state index contributed by atoms with van der Waals surface area (Å²) in [7, 11) is 0. The van der Waals surface area contributed by atoms with E-state index in [9.17, 15) is 19.1 Å². The summed E-state index contributed by atoms with van der Waals surface area (Å²) in [5.41, 5.74) is -1.11. The molecule has 0 atom stereocenters. The SMILES string of the molecule is O.O.O=C(c1ccc(F)cc1)c1c(O)c2ccccc2oc1=O.[Eu]. The average molecular weight is 472 g/mol. The molecule has 0 amide bonds. The first kappa shape index (κ1) is 22.6. The fraction of sp³-hybridized carbons (Fsp3) is 0. The van der Waals surface area contributed by atoms with Crippen LogP contribution in [0.5, 0.6) is 5.75 Å². The number of hydrogen-bond donors (Lipinski definition) is 1. The number of halogens is 1. The zero-order valence-corrected chi connectivity index (χ0v) is 14.5. The van der Waals surface area contributed by atoms with Crippen LogP contribution < -0.4 is 5.63 Å². The van der Waals surface area contributed by atoms with Crippen LogP contribution in [0.3, 0.4) is 0 Å². The van der Waals surface area contributed by atoms with Crippen molar-refractivity contribution in [1.82, 2.24) is 0 Å². The van der Waals surface area contributed by atoms with Crippen LogP contribution >= 0.6 is 0 Å². The standard InChI is InChI=1S/C16H9FO4.Eu.2H2O/c17-10-7-5-9(6-8-10)14(18)13-15(19)11-3-1-2-4-12(11)21-16(13)20;;;/h1-8,19H;;2*1H2. The van der Waals surface area contributed by atoms with Gasteiger partial charge in [0, 0.05) is 54.9 Å². The van der Waals surface area contributed by atoms with Gasteiger partial charge in [-0.1, -0.05) is 12.1 Å². The molecule has 0 saturated carbocycles. The molecule has 0 aliphatic carbocycles. The van der Waals surface area contributed by atoms with Crippen LogP contribution in [-0.2, 0) is 0 Å². The Morgan fingerprint density at radius 2 is 1.58 bits per heavy atom. The number of hydrogen-bond acceptors (Lipinski definition) is 4. The van der Waals surface area contributed by atoms with Gasteiger partial charge in [0.1, 0.15) is 17.1 Å². The molecule has 1 heterocycles. The van der Waals surface area contributed by atoms with E-state index >= 15 is 0 Å². The van der Waals surface area contributed by atoms with Crippen molar-refractivity contribution in [3.8, 4) is 5.75 Å². The second kappa shape index (κ2) is 9.15. The van der Waals surface area contributed by atoms with Crippen molar-refractivity contribution in [3.05, 3.63) is 75.9 Å². The maximum absolute atomic E-state index is 12.9. The average Bonchev–Trinajstić information content (AvgIpc) is 2.48. The van der Waals surface area contributed by atoms with Crippen LogP contribution in [0.15, 0.2) is 57.7 Å². The van der Waals surface area contributed by atoms with E-state index in [1.807, 2.05) is 0 Å². The van der Waals surface area contributed by atoms with Gasteiger partial charge < -0.3 is 20.5 Å². The molecule has 1 aromatic heterocycles. The van der Waals surface area contributed by atoms with Crippen LogP contribution in [0, 0.1) is 55.2 Å². The van der Waals surface area contributed by atoms with E-state index in [4.69, 9.17) is 4.42 Å². The number of carbonyl (C=O) groups is 1. The fourth-order valence-corrected chi connectivity index (χ4v) is 2.08. The second-order valence-corrected chi connectivity index (χ2v) is 4.45. The van der Waals surface area contributed by atoms with Crippen molar-refractivity contribution in [2.45, 2.75) is 0 Å². The third kappa shape index (κ3) is 4.14. The zero-order valence-electron chi connectivity index (χ0n) is 12.0. The summed E-state index contributed by atoms with van der Waals surface area (Å²) in [4.78, 5) is 24.2. The van der Waals surface area contributed by atoms with Gasteiger partial charge >= 0.3 is 5.63 Å². The third-order valence-corrected chi connectivity index (χ3v) is 3.12. The van der Waals surface area contributed by atoms with Gasteiger partial charge in [-0.25, -0.2) is 9.18 Å². The number of benzene rings is 2. The van der Waals surface area contributed by atoms with Gasteiger partial charge in [-0.15, -0.1) is 0 Å². The maximum Gasteiger partial charge on any atom is 0.351 e. The molecule has 0 bridgehead atoms. The minimum atomic E-state index is -0.930. The normalized spacial score (nSPS) is 9.38. The van der Waals surface area contributed by atoms with Gasteiger partial charge in [-0.3, -0.25) is 4.79 Å². The monoisotopic (exact) mass is 473 g/mol. The van der Waals surface area contributed by atoms with Gasteiger partial charge in [0.2, 0.25) is 5.78 Å². The van der Waals surface area contributed by atoms with Crippen molar-refractivity contribution in [2.75, 3.05) is 0 Å². The molecule has 5 N–H and O–H groups in total. The summed E-state index contributed by atoms with van der Waals surface area (Å²) < 4.78 is 17.9. The number of rotatable bonds is 2. The molecule has 8 heteroatoms. The van der Waals surface area contributed by atoms with Gasteiger partial charge in [0.25, 0.3) is 0 Å². The molecule has 0 aliphatic rings. The zero-order chi connectivity index (χ0) is 15.0. The van der Waals surface area contributed by atoms with Gasteiger partial charge in [0.15, 0.2) is 5.56 Å². The smallest absolute Gasteiger partial charge is 0.351 e. The van der Waals surface area contributed by atoms with Crippen molar-refractivity contribution < 1.29 is 79.0 Å². The minimum absolute atomic E-state index is 0. The molecule has 2 aromatic carbocycles. The van der Waals surface area contributed by atoms with E-state index in [1.165, 1.54) is 24.3 Å². The maximum atomic E-state index is 12.9. The van der Waals surface area contributed by atoms with Crippen molar-refractivity contribution in [1.29, 1.82) is 0 Å². The molecule has 0 saturated heterocycles. The first-order valence-corrected chi connectivity index (χ1v) is 6.13. The molecule has 3 aromatic rings. The topological polar surface area (TPSA) is 131 Å². The Hall–Kier alpha value is -1.45. The van der Waals surface area contributed by atoms with Gasteiger partial charge in [-0.05, 0) is 36.4 Å². The van der Waals surface area contributed by atoms with E-state index in [2.05, 4.69) is 0 Å². The Morgan fingerprint density at radius 1 is 1.00 bits per heavy atom. The number of ketones is 1. The quantitative estimate of drug-likeness (QED) is 0.444. The molecule has 3 rings (SSSR count). The Morgan fingerprint density at radius 3 is 2.21 bits per heavy atom. The summed E-state index contributed by atoms with van der Waals surface area (Å²) in [6.07, 6.45) is 0. The summed E-state index contributed by atoms with van der Waals surface area (Å²) in [6.45, 7) is 0. The predicted octanol–water partition coefficient (Wildman–Crippen LogP) is 1.22. The largest absolute Gasteiger partial charge is 0.506 e. The van der Waals surface area contributed by atoms with E-state index in [0.29, 0.717) is 0 Å². The third-order valence-electron chi connectivity index (χ3n) is 3.12. The van der Waals surface area contributed by atoms with Crippen molar-refractivity contribution >= 4 is 16.8 Å². The van der Waals surface area contributed by atoms with Crippen LogP contribution in [0.1, 0.15) is 15.9 Å². The Kier molecular flexibility index (Phi) is 8.60. The summed E-state index contributed by atoms with van der Waals surface area (Å²) >= 11 is 0. The summed E-state index contributed by atoms with van der Waals surface area (Å²) in [6, 6.07) is 11.0. The number of para-hydroxylation sites is 1. The van der Waals surface area contributed by atoms with E-state index < -0.39 is 28.5 Å². The fourth-order valence-electron chi connectivity index (χ4n) is 2.08. The Bertz CT molecular complexity index is 905.